The second-order valence-corrected chi connectivity index (χ2v) is 3.98. The second-order valence-electron chi connectivity index (χ2n) is 2.58. The quantitative estimate of drug-likeness (QED) is 0.578. The Morgan fingerprint density at radius 3 is 2.79 bits per heavy atom. The molecular weight excluding hydrogens is 222 g/mol. The summed E-state index contributed by atoms with van der Waals surface area (Å²) < 4.78 is 4.88. The van der Waals surface area contributed by atoms with Crippen LogP contribution in [0.15, 0.2) is 5.16 Å². The lowest BCUT2D eigenvalue weighted by Gasteiger charge is -2.01. The van der Waals surface area contributed by atoms with Gasteiger partial charge in [-0.25, -0.2) is 0 Å². The summed E-state index contributed by atoms with van der Waals surface area (Å²) in [5.74, 6) is 0.986. The third-order valence-corrected chi connectivity index (χ3v) is 2.58. The molecule has 0 aliphatic rings. The molecule has 0 fully saturated rings. The summed E-state index contributed by atoms with van der Waals surface area (Å²) >= 11 is 7.25. The van der Waals surface area contributed by atoms with Crippen molar-refractivity contribution in [3.63, 3.8) is 0 Å². The van der Waals surface area contributed by atoms with Crippen molar-refractivity contribution in [3.05, 3.63) is 5.28 Å². The summed E-state index contributed by atoms with van der Waals surface area (Å²) in [5.41, 5.74) is 0. The molecule has 0 aliphatic carbocycles. The fourth-order valence-corrected chi connectivity index (χ4v) is 1.89. The zero-order chi connectivity index (χ0) is 10.4. The highest BCUT2D eigenvalue weighted by Gasteiger charge is 2.04. The monoisotopic (exact) mass is 233 g/mol. The van der Waals surface area contributed by atoms with E-state index in [1.807, 2.05) is 0 Å². The van der Waals surface area contributed by atoms with Crippen LogP contribution in [0.25, 0.3) is 0 Å². The fourth-order valence-electron chi connectivity index (χ4n) is 0.778. The number of rotatable bonds is 5. The van der Waals surface area contributed by atoms with Gasteiger partial charge in [0.1, 0.15) is 0 Å². The first-order chi connectivity index (χ1) is 6.76. The largest absolute Gasteiger partial charge is 0.467 e. The molecule has 0 unspecified atom stereocenters. The number of methoxy groups -OCH3 is 1. The maximum absolute atomic E-state index is 5.69. The molecule has 4 nitrogen and oxygen atoms in total. The third-order valence-electron chi connectivity index (χ3n) is 1.48. The maximum Gasteiger partial charge on any atom is 0.321 e. The number of aromatic nitrogens is 3. The van der Waals surface area contributed by atoms with Crippen molar-refractivity contribution in [3.8, 4) is 6.01 Å². The van der Waals surface area contributed by atoms with Gasteiger partial charge in [0.2, 0.25) is 5.28 Å². The number of unbranched alkanes of at least 4 members (excludes halogenated alkanes) is 1. The first kappa shape index (κ1) is 11.5. The van der Waals surface area contributed by atoms with Crippen LogP contribution in [0.2, 0.25) is 5.28 Å². The zero-order valence-electron chi connectivity index (χ0n) is 8.16. The SMILES string of the molecule is CCCCSc1nc(Cl)nc(OC)n1. The van der Waals surface area contributed by atoms with Crippen molar-refractivity contribution in [2.45, 2.75) is 24.9 Å². The van der Waals surface area contributed by atoms with E-state index in [-0.39, 0.29) is 11.3 Å². The smallest absolute Gasteiger partial charge is 0.321 e. The Bertz CT molecular complexity index is 298. The predicted molar refractivity (Wildman–Crippen MR) is 57.0 cm³/mol. The molecule has 0 spiro atoms. The van der Waals surface area contributed by atoms with Crippen molar-refractivity contribution in [2.75, 3.05) is 12.9 Å². The molecule has 1 rings (SSSR count). The highest BCUT2D eigenvalue weighted by atomic mass is 35.5. The van der Waals surface area contributed by atoms with E-state index in [0.29, 0.717) is 5.16 Å². The van der Waals surface area contributed by atoms with E-state index in [0.717, 1.165) is 18.6 Å². The lowest BCUT2D eigenvalue weighted by Crippen LogP contribution is -1.97. The number of hydrogen-bond donors (Lipinski definition) is 0. The van der Waals surface area contributed by atoms with Crippen molar-refractivity contribution < 1.29 is 4.74 Å². The molecule has 6 heteroatoms. The van der Waals surface area contributed by atoms with E-state index in [1.165, 1.54) is 7.11 Å². The van der Waals surface area contributed by atoms with Crippen molar-refractivity contribution in [2.24, 2.45) is 0 Å². The van der Waals surface area contributed by atoms with Gasteiger partial charge in [-0.1, -0.05) is 25.1 Å². The minimum atomic E-state index is 0.177. The molecule has 78 valence electrons. The lowest BCUT2D eigenvalue weighted by atomic mass is 10.4. The minimum Gasteiger partial charge on any atom is -0.467 e. The Balaban J connectivity index is 2.62. The Morgan fingerprint density at radius 2 is 2.14 bits per heavy atom. The fraction of sp³-hybridized carbons (Fsp3) is 0.625. The Hall–Kier alpha value is -0.550. The summed E-state index contributed by atoms with van der Waals surface area (Å²) in [4.78, 5) is 11.8. The third kappa shape index (κ3) is 3.67. The average molecular weight is 234 g/mol. The Kier molecular flexibility index (Phi) is 4.97. The predicted octanol–water partition coefficient (Wildman–Crippen LogP) is 2.43. The van der Waals surface area contributed by atoms with E-state index in [4.69, 9.17) is 16.3 Å². The highest BCUT2D eigenvalue weighted by molar-refractivity contribution is 7.99. The van der Waals surface area contributed by atoms with Crippen molar-refractivity contribution in [1.82, 2.24) is 15.0 Å². The molecule has 0 bridgehead atoms. The minimum absolute atomic E-state index is 0.177. The lowest BCUT2D eigenvalue weighted by molar-refractivity contribution is 0.373. The van der Waals surface area contributed by atoms with Crippen LogP contribution in [0, 0.1) is 0 Å². The number of thioether (sulfide) groups is 1. The van der Waals surface area contributed by atoms with Crippen LogP contribution in [0.3, 0.4) is 0 Å². The molecule has 1 aromatic rings. The first-order valence-electron chi connectivity index (χ1n) is 4.34. The molecule has 1 aromatic heterocycles. The topological polar surface area (TPSA) is 47.9 Å². The molecule has 1 heterocycles. The van der Waals surface area contributed by atoms with Gasteiger partial charge >= 0.3 is 6.01 Å². The average Bonchev–Trinajstić information content (AvgIpc) is 2.17. The summed E-state index contributed by atoms with van der Waals surface area (Å²) in [6, 6.07) is 0.268. The molecule has 14 heavy (non-hydrogen) atoms. The molecule has 0 radical (unpaired) electrons. The second kappa shape index (κ2) is 6.03. The van der Waals surface area contributed by atoms with Crippen LogP contribution >= 0.6 is 23.4 Å². The molecule has 0 atom stereocenters. The van der Waals surface area contributed by atoms with Gasteiger partial charge in [0.15, 0.2) is 5.16 Å². The van der Waals surface area contributed by atoms with Crippen molar-refractivity contribution in [1.29, 1.82) is 0 Å². The van der Waals surface area contributed by atoms with Gasteiger partial charge in [0.05, 0.1) is 7.11 Å². The van der Waals surface area contributed by atoms with Crippen LogP contribution in [0.5, 0.6) is 6.01 Å². The first-order valence-corrected chi connectivity index (χ1v) is 5.71. The van der Waals surface area contributed by atoms with Crippen LogP contribution in [-0.2, 0) is 0 Å². The summed E-state index contributed by atoms with van der Waals surface area (Å²) in [6.45, 7) is 2.14. The van der Waals surface area contributed by atoms with E-state index >= 15 is 0 Å². The van der Waals surface area contributed by atoms with E-state index in [9.17, 15) is 0 Å². The number of hydrogen-bond acceptors (Lipinski definition) is 5. The molecule has 0 saturated heterocycles. The molecule has 0 aromatic carbocycles. The molecule has 0 N–H and O–H groups in total. The van der Waals surface area contributed by atoms with Crippen LogP contribution in [0.1, 0.15) is 19.8 Å². The molecular formula is C8H12ClN3OS. The highest BCUT2D eigenvalue weighted by Crippen LogP contribution is 2.18. The summed E-state index contributed by atoms with van der Waals surface area (Å²) in [7, 11) is 1.51. The molecule has 0 amide bonds. The maximum atomic E-state index is 5.69. The Labute approximate surface area is 92.5 Å². The number of nitrogens with zero attached hydrogens (tertiary/aromatic N) is 3. The van der Waals surface area contributed by atoms with E-state index in [2.05, 4.69) is 21.9 Å². The van der Waals surface area contributed by atoms with E-state index < -0.39 is 0 Å². The van der Waals surface area contributed by atoms with Crippen molar-refractivity contribution >= 4 is 23.4 Å². The number of halogens is 1. The Morgan fingerprint density at radius 1 is 1.36 bits per heavy atom. The van der Waals surface area contributed by atoms with Gasteiger partial charge in [0, 0.05) is 5.75 Å². The van der Waals surface area contributed by atoms with Gasteiger partial charge in [0.25, 0.3) is 0 Å². The van der Waals surface area contributed by atoms with Gasteiger partial charge < -0.3 is 4.74 Å². The standard InChI is InChI=1S/C8H12ClN3OS/c1-3-4-5-14-8-11-6(9)10-7(12-8)13-2/h3-5H2,1-2H3. The van der Waals surface area contributed by atoms with Gasteiger partial charge in [-0.15, -0.1) is 0 Å². The normalized spacial score (nSPS) is 10.2. The van der Waals surface area contributed by atoms with Crippen LogP contribution in [0.4, 0.5) is 0 Å². The summed E-state index contributed by atoms with van der Waals surface area (Å²) in [6.07, 6.45) is 2.29. The van der Waals surface area contributed by atoms with Gasteiger partial charge in [-0.2, -0.15) is 15.0 Å². The zero-order valence-corrected chi connectivity index (χ0v) is 9.73. The summed E-state index contributed by atoms with van der Waals surface area (Å²) in [5, 5.41) is 0.797. The number of ether oxygens (including phenoxy) is 1. The van der Waals surface area contributed by atoms with Gasteiger partial charge in [-0.05, 0) is 18.0 Å². The molecule has 0 saturated carbocycles. The van der Waals surface area contributed by atoms with Gasteiger partial charge in [-0.3, -0.25) is 0 Å². The van der Waals surface area contributed by atoms with Crippen LogP contribution in [-0.4, -0.2) is 27.8 Å². The van der Waals surface area contributed by atoms with E-state index in [1.54, 1.807) is 11.8 Å². The molecule has 0 aliphatic heterocycles. The van der Waals surface area contributed by atoms with Crippen LogP contribution < -0.4 is 4.74 Å².